The van der Waals surface area contributed by atoms with Gasteiger partial charge in [0.15, 0.2) is 0 Å². The Morgan fingerprint density at radius 2 is 2.14 bits per heavy atom. The van der Waals surface area contributed by atoms with E-state index >= 15 is 0 Å². The first-order valence-corrected chi connectivity index (χ1v) is 4.88. The monoisotopic (exact) mass is 206 g/mol. The molecule has 0 aliphatic heterocycles. The highest BCUT2D eigenvalue weighted by atomic mass is 32.1. The third kappa shape index (κ3) is 2.68. The molecule has 0 radical (unpaired) electrons. The maximum atomic E-state index is 8.89. The first kappa shape index (κ1) is 10.9. The van der Waals surface area contributed by atoms with E-state index in [-0.39, 0.29) is 5.41 Å². The van der Waals surface area contributed by atoms with Gasteiger partial charge in [-0.2, -0.15) is 5.26 Å². The molecule has 0 aromatic heterocycles. The van der Waals surface area contributed by atoms with Crippen LogP contribution in [0.5, 0.6) is 0 Å². The highest BCUT2D eigenvalue weighted by Gasteiger charge is 2.17. The molecule has 0 unspecified atom stereocenters. The van der Waals surface area contributed by atoms with Gasteiger partial charge in [0.1, 0.15) is 0 Å². The molecule has 0 atom stereocenters. The summed E-state index contributed by atoms with van der Waals surface area (Å²) in [5.74, 6) is 0. The Morgan fingerprint density at radius 3 is 2.64 bits per heavy atom. The number of thiol groups is 1. The first-order chi connectivity index (χ1) is 6.44. The lowest BCUT2D eigenvalue weighted by Crippen LogP contribution is -2.11. The van der Waals surface area contributed by atoms with Crippen molar-refractivity contribution in [3.05, 3.63) is 23.8 Å². The number of hydrogen-bond acceptors (Lipinski definition) is 3. The lowest BCUT2D eigenvalue weighted by molar-refractivity contribution is 0.493. The second kappa shape index (κ2) is 3.93. The molecule has 0 aliphatic rings. The van der Waals surface area contributed by atoms with Crippen LogP contribution in [0.1, 0.15) is 19.4 Å². The maximum Gasteiger partial charge on any atom is 0.0687 e. The molecule has 1 aromatic carbocycles. The van der Waals surface area contributed by atoms with Gasteiger partial charge in [0, 0.05) is 10.6 Å². The van der Waals surface area contributed by atoms with Gasteiger partial charge in [-0.1, -0.05) is 6.07 Å². The van der Waals surface area contributed by atoms with Gasteiger partial charge < -0.3 is 5.73 Å². The van der Waals surface area contributed by atoms with Crippen LogP contribution in [0.3, 0.4) is 0 Å². The summed E-state index contributed by atoms with van der Waals surface area (Å²) < 4.78 is 0. The summed E-state index contributed by atoms with van der Waals surface area (Å²) in [4.78, 5) is 0.774. The molecular weight excluding hydrogens is 192 g/mol. The van der Waals surface area contributed by atoms with Crippen molar-refractivity contribution >= 4 is 18.3 Å². The summed E-state index contributed by atoms with van der Waals surface area (Å²) in [5, 5.41) is 8.89. The standard InChI is InChI=1S/C11H14N2S/c1-11(2,7-12)6-8-3-4-9(13)10(14)5-8/h3-5,14H,6,13H2,1-2H3. The molecule has 1 aromatic rings. The smallest absolute Gasteiger partial charge is 0.0687 e. The molecule has 0 saturated heterocycles. The quantitative estimate of drug-likeness (QED) is 0.577. The number of nitrogen functional groups attached to an aromatic ring is 1. The summed E-state index contributed by atoms with van der Waals surface area (Å²) in [5.41, 5.74) is 7.07. The number of nitrogens with zero attached hydrogens (tertiary/aromatic N) is 1. The number of hydrogen-bond donors (Lipinski definition) is 2. The summed E-state index contributed by atoms with van der Waals surface area (Å²) in [6.07, 6.45) is 0.720. The molecule has 0 saturated carbocycles. The minimum absolute atomic E-state index is 0.337. The Bertz CT molecular complexity index is 377. The molecule has 2 N–H and O–H groups in total. The van der Waals surface area contributed by atoms with Crippen molar-refractivity contribution in [2.45, 2.75) is 25.2 Å². The van der Waals surface area contributed by atoms with Gasteiger partial charge in [-0.3, -0.25) is 0 Å². The second-order valence-electron chi connectivity index (χ2n) is 4.07. The van der Waals surface area contributed by atoms with Crippen molar-refractivity contribution in [3.63, 3.8) is 0 Å². The summed E-state index contributed by atoms with van der Waals surface area (Å²) in [7, 11) is 0. The molecule has 0 bridgehead atoms. The third-order valence-corrected chi connectivity index (χ3v) is 2.43. The number of rotatable bonds is 2. The van der Waals surface area contributed by atoms with Crippen molar-refractivity contribution < 1.29 is 0 Å². The van der Waals surface area contributed by atoms with Crippen LogP contribution >= 0.6 is 12.6 Å². The Balaban J connectivity index is 2.90. The topological polar surface area (TPSA) is 49.8 Å². The van der Waals surface area contributed by atoms with E-state index in [1.165, 1.54) is 0 Å². The van der Waals surface area contributed by atoms with E-state index in [0.717, 1.165) is 16.9 Å². The zero-order chi connectivity index (χ0) is 10.8. The van der Waals surface area contributed by atoms with Gasteiger partial charge in [-0.05, 0) is 38.0 Å². The Labute approximate surface area is 90.1 Å². The van der Waals surface area contributed by atoms with Crippen molar-refractivity contribution in [2.75, 3.05) is 5.73 Å². The zero-order valence-corrected chi connectivity index (χ0v) is 9.31. The average molecular weight is 206 g/mol. The molecule has 14 heavy (non-hydrogen) atoms. The van der Waals surface area contributed by atoms with Gasteiger partial charge in [0.25, 0.3) is 0 Å². The SMILES string of the molecule is CC(C)(C#N)Cc1ccc(N)c(S)c1. The fourth-order valence-electron chi connectivity index (χ4n) is 1.25. The van der Waals surface area contributed by atoms with Gasteiger partial charge in [-0.25, -0.2) is 0 Å². The van der Waals surface area contributed by atoms with Crippen molar-refractivity contribution in [2.24, 2.45) is 5.41 Å². The lowest BCUT2D eigenvalue weighted by atomic mass is 9.87. The summed E-state index contributed by atoms with van der Waals surface area (Å²) in [6, 6.07) is 7.95. The maximum absolute atomic E-state index is 8.89. The van der Waals surface area contributed by atoms with Crippen LogP contribution in [0.25, 0.3) is 0 Å². The first-order valence-electron chi connectivity index (χ1n) is 4.43. The molecule has 0 fully saturated rings. The van der Waals surface area contributed by atoms with Crippen LogP contribution in [0.4, 0.5) is 5.69 Å². The van der Waals surface area contributed by atoms with Crippen LogP contribution in [0.15, 0.2) is 23.1 Å². The van der Waals surface area contributed by atoms with E-state index in [9.17, 15) is 0 Å². The van der Waals surface area contributed by atoms with E-state index in [0.29, 0.717) is 5.69 Å². The zero-order valence-electron chi connectivity index (χ0n) is 8.41. The van der Waals surface area contributed by atoms with Gasteiger partial charge in [0.2, 0.25) is 0 Å². The van der Waals surface area contributed by atoms with E-state index < -0.39 is 0 Å². The molecule has 2 nitrogen and oxygen atoms in total. The number of benzene rings is 1. The van der Waals surface area contributed by atoms with E-state index in [2.05, 4.69) is 18.7 Å². The highest BCUT2D eigenvalue weighted by Crippen LogP contribution is 2.24. The minimum Gasteiger partial charge on any atom is -0.398 e. The number of anilines is 1. The van der Waals surface area contributed by atoms with Gasteiger partial charge in [-0.15, -0.1) is 12.6 Å². The third-order valence-electron chi connectivity index (χ3n) is 2.04. The van der Waals surface area contributed by atoms with Crippen LogP contribution in [0, 0.1) is 16.7 Å². The van der Waals surface area contributed by atoms with Gasteiger partial charge in [0.05, 0.1) is 11.5 Å². The highest BCUT2D eigenvalue weighted by molar-refractivity contribution is 7.80. The Hall–Kier alpha value is -1.14. The Kier molecular flexibility index (Phi) is 3.07. The minimum atomic E-state index is -0.337. The second-order valence-corrected chi connectivity index (χ2v) is 4.55. The van der Waals surface area contributed by atoms with Gasteiger partial charge >= 0.3 is 0 Å². The average Bonchev–Trinajstić information content (AvgIpc) is 2.11. The van der Waals surface area contributed by atoms with E-state index in [1.807, 2.05) is 32.0 Å². The molecule has 1 rings (SSSR count). The fraction of sp³-hybridized carbons (Fsp3) is 0.364. The van der Waals surface area contributed by atoms with Crippen molar-refractivity contribution in [1.29, 1.82) is 5.26 Å². The van der Waals surface area contributed by atoms with Crippen LogP contribution in [-0.2, 0) is 6.42 Å². The molecule has 74 valence electrons. The van der Waals surface area contributed by atoms with Crippen LogP contribution < -0.4 is 5.73 Å². The molecule has 0 heterocycles. The predicted molar refractivity (Wildman–Crippen MR) is 61.2 cm³/mol. The van der Waals surface area contributed by atoms with Crippen molar-refractivity contribution in [1.82, 2.24) is 0 Å². The normalized spacial score (nSPS) is 11.0. The summed E-state index contributed by atoms with van der Waals surface area (Å²) >= 11 is 4.24. The molecule has 0 aliphatic carbocycles. The number of nitrogens with two attached hydrogens (primary N) is 1. The number of nitriles is 1. The molecular formula is C11H14N2S. The van der Waals surface area contributed by atoms with Crippen molar-refractivity contribution in [3.8, 4) is 6.07 Å². The lowest BCUT2D eigenvalue weighted by Gasteiger charge is -2.15. The van der Waals surface area contributed by atoms with Crippen LogP contribution in [0.2, 0.25) is 0 Å². The predicted octanol–water partition coefficient (Wildman–Crippen LogP) is 2.65. The fourth-order valence-corrected chi connectivity index (χ4v) is 1.49. The van der Waals surface area contributed by atoms with E-state index in [1.54, 1.807) is 0 Å². The van der Waals surface area contributed by atoms with E-state index in [4.69, 9.17) is 11.0 Å². The molecule has 0 amide bonds. The molecule has 0 spiro atoms. The van der Waals surface area contributed by atoms with Crippen LogP contribution in [-0.4, -0.2) is 0 Å². The Morgan fingerprint density at radius 1 is 1.50 bits per heavy atom. The largest absolute Gasteiger partial charge is 0.398 e. The summed E-state index contributed by atoms with van der Waals surface area (Å²) in [6.45, 7) is 3.84. The molecule has 3 heteroatoms.